The van der Waals surface area contributed by atoms with E-state index in [1.54, 1.807) is 38.1 Å². The highest BCUT2D eigenvalue weighted by Gasteiger charge is 2.53. The lowest BCUT2D eigenvalue weighted by Gasteiger charge is -2.52. The molecule has 0 radical (unpaired) electrons. The third-order valence-corrected chi connectivity index (χ3v) is 13.7. The fourth-order valence-electron chi connectivity index (χ4n) is 8.81. The molecule has 2 heterocycles. The van der Waals surface area contributed by atoms with Crippen molar-refractivity contribution in [1.82, 2.24) is 9.62 Å². The molecule has 0 saturated heterocycles. The van der Waals surface area contributed by atoms with Crippen molar-refractivity contribution in [3.63, 3.8) is 0 Å². The molecular formula is C37H50ClN3O6S. The molecule has 4 aliphatic rings. The first kappa shape index (κ1) is 35.0. The minimum absolute atomic E-state index is 0.00814. The van der Waals surface area contributed by atoms with E-state index >= 15 is 0 Å². The Morgan fingerprint density at radius 1 is 1.10 bits per heavy atom. The number of aliphatic hydroxyl groups is 1. The minimum Gasteiger partial charge on any atom is -0.490 e. The lowest BCUT2D eigenvalue weighted by molar-refractivity contribution is -0.159. The predicted molar refractivity (Wildman–Crippen MR) is 187 cm³/mol. The quantitative estimate of drug-likeness (QED) is 0.422. The summed E-state index contributed by atoms with van der Waals surface area (Å²) >= 11 is 6.43. The lowest BCUT2D eigenvalue weighted by atomic mass is 9.59. The number of amides is 2. The van der Waals surface area contributed by atoms with E-state index in [0.717, 1.165) is 32.1 Å². The molecular weight excluding hydrogens is 650 g/mol. The van der Waals surface area contributed by atoms with Crippen LogP contribution in [0.15, 0.2) is 41.3 Å². The summed E-state index contributed by atoms with van der Waals surface area (Å²) in [6.45, 7) is 7.11. The average molecular weight is 700 g/mol. The van der Waals surface area contributed by atoms with Gasteiger partial charge in [0, 0.05) is 43.5 Å². The van der Waals surface area contributed by atoms with Crippen LogP contribution in [0.5, 0.6) is 5.75 Å². The Labute approximate surface area is 290 Å². The van der Waals surface area contributed by atoms with Crippen molar-refractivity contribution >= 4 is 39.1 Å². The number of aryl methyl sites for hydroxylation is 1. The van der Waals surface area contributed by atoms with Crippen LogP contribution >= 0.6 is 11.6 Å². The molecule has 1 unspecified atom stereocenters. The average Bonchev–Trinajstić information content (AvgIpc) is 3.17. The third-order valence-electron chi connectivity index (χ3n) is 12.1. The fourth-order valence-corrected chi connectivity index (χ4v) is 10.1. The number of nitrogens with one attached hydrogen (secondary N) is 1. The molecule has 0 aromatic heterocycles. The zero-order chi connectivity index (χ0) is 34.6. The fraction of sp³-hybridized carbons (Fsp3) is 0.622. The van der Waals surface area contributed by atoms with Gasteiger partial charge in [0.1, 0.15) is 5.75 Å². The summed E-state index contributed by atoms with van der Waals surface area (Å²) in [5.74, 6) is -1.41. The second-order valence-electron chi connectivity index (χ2n) is 15.3. The minimum atomic E-state index is -4.15. The van der Waals surface area contributed by atoms with Gasteiger partial charge in [0.15, 0.2) is 0 Å². The first-order valence-corrected chi connectivity index (χ1v) is 19.3. The summed E-state index contributed by atoms with van der Waals surface area (Å²) in [6.07, 6.45) is 6.15. The zero-order valence-corrected chi connectivity index (χ0v) is 30.4. The van der Waals surface area contributed by atoms with Gasteiger partial charge in [0.25, 0.3) is 10.0 Å². The third kappa shape index (κ3) is 6.33. The Balaban J connectivity index is 1.46. The number of carbonyl (C=O) groups is 2. The van der Waals surface area contributed by atoms with Crippen molar-refractivity contribution in [2.24, 2.45) is 29.6 Å². The van der Waals surface area contributed by atoms with Crippen LogP contribution in [0.25, 0.3) is 0 Å². The van der Waals surface area contributed by atoms with Crippen molar-refractivity contribution in [3.8, 4) is 5.75 Å². The second-order valence-corrected chi connectivity index (χ2v) is 17.4. The van der Waals surface area contributed by atoms with Gasteiger partial charge in [-0.1, -0.05) is 44.9 Å². The summed E-state index contributed by atoms with van der Waals surface area (Å²) in [6, 6.07) is 10.9. The van der Waals surface area contributed by atoms with Gasteiger partial charge in [-0.2, -0.15) is 0 Å². The van der Waals surface area contributed by atoms with Crippen LogP contribution in [0.3, 0.4) is 0 Å². The van der Waals surface area contributed by atoms with Crippen molar-refractivity contribution in [1.29, 1.82) is 0 Å². The maximum atomic E-state index is 13.7. The standard InChI is InChI=1S/C37H50ClN3O6S/c1-23-8-6-17-37(44,25(3)35(43)40(4)5)31-13-10-27(31)20-41-21-36(16-7-9-26-18-28(38)11-14-30(26)36)22-47-33-15-12-29(19-32(33)41)48(45,46)39-34(42)24(23)2/h11-12,14-15,18-19,23-25,27,31,44H,6-10,13,16-17,20-22H2,1-5H3,(H,39,42)/t23-,24+,25?,27-,31+,36-,37+/m0/s1. The van der Waals surface area contributed by atoms with Gasteiger partial charge in [0.05, 0.1) is 28.7 Å². The lowest BCUT2D eigenvalue weighted by Crippen LogP contribution is -2.57. The molecule has 9 nitrogen and oxygen atoms in total. The summed E-state index contributed by atoms with van der Waals surface area (Å²) < 4.78 is 36.2. The van der Waals surface area contributed by atoms with E-state index in [-0.39, 0.29) is 34.0 Å². The monoisotopic (exact) mass is 699 g/mol. The summed E-state index contributed by atoms with van der Waals surface area (Å²) in [5, 5.41) is 13.3. The first-order valence-electron chi connectivity index (χ1n) is 17.5. The largest absolute Gasteiger partial charge is 0.490 e. The molecule has 1 saturated carbocycles. The topological polar surface area (TPSA) is 116 Å². The molecule has 262 valence electrons. The summed E-state index contributed by atoms with van der Waals surface area (Å²) in [5.41, 5.74) is 1.48. The smallest absolute Gasteiger partial charge is 0.264 e. The molecule has 2 N–H and O–H groups in total. The number of ether oxygens (including phenoxy) is 1. The van der Waals surface area contributed by atoms with E-state index in [1.165, 1.54) is 17.2 Å². The van der Waals surface area contributed by atoms with Gasteiger partial charge in [-0.25, -0.2) is 13.1 Å². The number of sulfonamides is 1. The number of rotatable bonds is 2. The Hall–Kier alpha value is -2.82. The molecule has 6 rings (SSSR count). The molecule has 2 aromatic carbocycles. The number of anilines is 1. The highest BCUT2D eigenvalue weighted by atomic mass is 35.5. The molecule has 2 aromatic rings. The second kappa shape index (κ2) is 13.1. The zero-order valence-electron chi connectivity index (χ0n) is 28.8. The summed E-state index contributed by atoms with van der Waals surface area (Å²) in [4.78, 5) is 30.5. The van der Waals surface area contributed by atoms with Crippen molar-refractivity contribution < 1.29 is 27.9 Å². The SMILES string of the molecule is CC(C(=O)N(C)C)[C@]1(O)CCC[C@H](C)[C@@H](C)C(=O)NS(=O)(=O)c2ccc3c(c2)N(C[C@@H]2CC[C@H]21)C[C@@]1(CCCc2cc(Cl)ccc21)CO3. The van der Waals surface area contributed by atoms with Gasteiger partial charge >= 0.3 is 0 Å². The Bertz CT molecular complexity index is 1680. The molecule has 1 fully saturated rings. The Morgan fingerprint density at radius 3 is 2.58 bits per heavy atom. The van der Waals surface area contributed by atoms with Gasteiger partial charge < -0.3 is 19.6 Å². The normalized spacial score (nSPS) is 32.4. The molecule has 2 amide bonds. The van der Waals surface area contributed by atoms with Crippen LogP contribution in [-0.2, 0) is 31.4 Å². The number of fused-ring (bicyclic) bond motifs is 4. The number of carbonyl (C=O) groups excluding carboxylic acids is 2. The molecule has 11 heteroatoms. The molecule has 48 heavy (non-hydrogen) atoms. The van der Waals surface area contributed by atoms with Gasteiger partial charge in [-0.05, 0) is 104 Å². The van der Waals surface area contributed by atoms with Crippen molar-refractivity contribution in [2.75, 3.05) is 38.7 Å². The van der Waals surface area contributed by atoms with Crippen LogP contribution in [0.4, 0.5) is 5.69 Å². The molecule has 2 aliphatic carbocycles. The van der Waals surface area contributed by atoms with Crippen molar-refractivity contribution in [3.05, 3.63) is 52.5 Å². The number of halogens is 1. The van der Waals surface area contributed by atoms with E-state index < -0.39 is 33.4 Å². The highest BCUT2D eigenvalue weighted by Crippen LogP contribution is 2.51. The Kier molecular flexibility index (Phi) is 9.59. The number of hydrogen-bond donors (Lipinski definition) is 2. The highest BCUT2D eigenvalue weighted by molar-refractivity contribution is 7.90. The van der Waals surface area contributed by atoms with Crippen LogP contribution < -0.4 is 14.4 Å². The van der Waals surface area contributed by atoms with Gasteiger partial charge in [0.2, 0.25) is 11.8 Å². The van der Waals surface area contributed by atoms with Gasteiger partial charge in [-0.15, -0.1) is 0 Å². The maximum absolute atomic E-state index is 13.7. The number of hydrogen-bond acceptors (Lipinski definition) is 7. The predicted octanol–water partition coefficient (Wildman–Crippen LogP) is 5.56. The van der Waals surface area contributed by atoms with E-state index in [2.05, 4.69) is 15.7 Å². The Morgan fingerprint density at radius 2 is 1.88 bits per heavy atom. The molecule has 1 spiro atoms. The van der Waals surface area contributed by atoms with Crippen LogP contribution in [0.2, 0.25) is 5.02 Å². The first-order chi connectivity index (χ1) is 22.6. The van der Waals surface area contributed by atoms with Gasteiger partial charge in [-0.3, -0.25) is 9.59 Å². The number of benzene rings is 2. The van der Waals surface area contributed by atoms with Crippen LogP contribution in [0, 0.1) is 29.6 Å². The number of nitrogens with zero attached hydrogens (tertiary/aromatic N) is 2. The molecule has 2 aliphatic heterocycles. The van der Waals surface area contributed by atoms with E-state index in [9.17, 15) is 23.1 Å². The summed E-state index contributed by atoms with van der Waals surface area (Å²) in [7, 11) is -0.694. The van der Waals surface area contributed by atoms with Crippen LogP contribution in [0.1, 0.15) is 76.8 Å². The molecule has 7 atom stereocenters. The maximum Gasteiger partial charge on any atom is 0.264 e. The van der Waals surface area contributed by atoms with Crippen LogP contribution in [-0.4, -0.2) is 69.6 Å². The van der Waals surface area contributed by atoms with E-state index in [4.69, 9.17) is 16.3 Å². The van der Waals surface area contributed by atoms with E-state index in [1.807, 2.05) is 26.0 Å². The van der Waals surface area contributed by atoms with E-state index in [0.29, 0.717) is 55.4 Å². The van der Waals surface area contributed by atoms with Crippen molar-refractivity contribution in [2.45, 2.75) is 88.0 Å². The molecule has 2 bridgehead atoms.